The molecule has 0 amide bonds. The van der Waals surface area contributed by atoms with E-state index < -0.39 is 6.10 Å². The van der Waals surface area contributed by atoms with Gasteiger partial charge in [0.15, 0.2) is 7.14 Å². The first-order valence-corrected chi connectivity index (χ1v) is 16.7. The van der Waals surface area contributed by atoms with Gasteiger partial charge in [0, 0.05) is 13.1 Å². The van der Waals surface area contributed by atoms with Crippen LogP contribution in [0, 0.1) is 41.6 Å². The van der Waals surface area contributed by atoms with E-state index in [4.69, 9.17) is 19.7 Å². The fourth-order valence-corrected chi connectivity index (χ4v) is 6.81. The lowest BCUT2D eigenvalue weighted by Gasteiger charge is -2.28. The largest absolute Gasteiger partial charge is 0.357 e. The van der Waals surface area contributed by atoms with Gasteiger partial charge in [0.25, 0.3) is 6.10 Å². The molecule has 0 fully saturated rings. The first kappa shape index (κ1) is 34.4. The summed E-state index contributed by atoms with van der Waals surface area (Å²) in [6, 6.07) is 24.9. The lowest BCUT2D eigenvalue weighted by Crippen LogP contribution is -3.61. The van der Waals surface area contributed by atoms with Gasteiger partial charge in [-0.15, -0.1) is 4.33 Å². The third-order valence-corrected chi connectivity index (χ3v) is 9.53. The Bertz CT molecular complexity index is 835. The maximum atomic E-state index is 8.75. The predicted octanol–water partition coefficient (Wildman–Crippen LogP) is 5.46. The fraction of sp³-hybridized carbons (Fsp3) is 0.548. The molecule has 2 aromatic rings. The molecule has 2 rings (SSSR count). The molecule has 0 bridgehead atoms. The Hall–Kier alpha value is -1.62. The summed E-state index contributed by atoms with van der Waals surface area (Å²) in [7, 11) is 0. The molecular formula is C31H45IN3O2S+. The third kappa shape index (κ3) is 16.4. The van der Waals surface area contributed by atoms with E-state index in [9.17, 15) is 0 Å². The molecule has 0 aliphatic carbocycles. The second-order valence-electron chi connectivity index (χ2n) is 9.24. The average Bonchev–Trinajstić information content (AvgIpc) is 2.96. The Kier molecular flexibility index (Phi) is 21.1. The molecule has 5 nitrogen and oxygen atoms in total. The molecule has 2 aromatic carbocycles. The van der Waals surface area contributed by atoms with Crippen molar-refractivity contribution >= 4 is 12.2 Å². The van der Waals surface area contributed by atoms with Gasteiger partial charge in [-0.1, -0.05) is 103 Å². The van der Waals surface area contributed by atoms with Crippen LogP contribution < -0.4 is 21.2 Å². The highest BCUT2D eigenvalue weighted by Gasteiger charge is 2.19. The summed E-state index contributed by atoms with van der Waals surface area (Å²) in [6.07, 6.45) is 8.45. The summed E-state index contributed by atoms with van der Waals surface area (Å²) in [6.45, 7) is 10.8. The van der Waals surface area contributed by atoms with Crippen LogP contribution in [0.4, 0.5) is 0 Å². The van der Waals surface area contributed by atoms with Gasteiger partial charge >= 0.3 is 21.2 Å². The number of nitriles is 2. The topological polar surface area (TPSA) is 69.3 Å². The van der Waals surface area contributed by atoms with E-state index in [1.54, 1.807) is 12.1 Å². The minimum atomic E-state index is -1.18. The maximum Gasteiger partial charge on any atom is 0.357 e. The van der Waals surface area contributed by atoms with Crippen LogP contribution in [0.25, 0.3) is 0 Å². The van der Waals surface area contributed by atoms with E-state index in [0.29, 0.717) is 11.8 Å². The minimum absolute atomic E-state index is 0.0287. The van der Waals surface area contributed by atoms with E-state index >= 15 is 0 Å². The van der Waals surface area contributed by atoms with Crippen LogP contribution in [0.5, 0.6) is 0 Å². The maximum absolute atomic E-state index is 8.75. The monoisotopic (exact) mass is 650 g/mol. The highest BCUT2D eigenvalue weighted by atomic mass is 127. The van der Waals surface area contributed by atoms with E-state index in [1.165, 1.54) is 45.7 Å². The molecule has 0 aromatic heterocycles. The standard InChI is InChI=1S/C19H35N3O2S.C12H10I/c1-5-9-11-17(7-3)15-22(16-18(8-4)12-10-6-2)25-24-23-19(13-20)14-21;1-3-7-11(8-4-1)13-12-9-5-2-6-10-12/h17-19H,5-12,15-16H2,1-4H3;1-10H/q;+1. The summed E-state index contributed by atoms with van der Waals surface area (Å²) in [5.74, 6) is 1.25. The van der Waals surface area contributed by atoms with Crippen LogP contribution in [-0.4, -0.2) is 23.5 Å². The van der Waals surface area contributed by atoms with Crippen LogP contribution >= 0.6 is 12.2 Å². The Balaban J connectivity index is 0.000000457. The zero-order valence-corrected chi connectivity index (χ0v) is 26.5. The van der Waals surface area contributed by atoms with Crippen LogP contribution in [-0.2, 0) is 9.22 Å². The van der Waals surface area contributed by atoms with Crippen molar-refractivity contribution in [2.24, 2.45) is 11.8 Å². The number of hydrogen-bond acceptors (Lipinski definition) is 6. The zero-order chi connectivity index (χ0) is 27.8. The van der Waals surface area contributed by atoms with Crippen LogP contribution in [0.2, 0.25) is 0 Å². The van der Waals surface area contributed by atoms with Gasteiger partial charge in [0.2, 0.25) is 0 Å². The Morgan fingerprint density at radius 3 is 1.58 bits per heavy atom. The van der Waals surface area contributed by atoms with Crippen molar-refractivity contribution in [3.8, 4) is 12.1 Å². The van der Waals surface area contributed by atoms with Crippen molar-refractivity contribution in [3.63, 3.8) is 0 Å². The molecule has 0 saturated carbocycles. The molecule has 0 heterocycles. The Morgan fingerprint density at radius 1 is 0.763 bits per heavy atom. The Morgan fingerprint density at radius 2 is 1.21 bits per heavy atom. The van der Waals surface area contributed by atoms with Crippen molar-refractivity contribution in [1.82, 2.24) is 4.31 Å². The summed E-state index contributed by atoms with van der Waals surface area (Å²) in [5, 5.41) is 17.5. The summed E-state index contributed by atoms with van der Waals surface area (Å²) in [5.41, 5.74) is 0. The number of nitrogens with zero attached hydrogens (tertiary/aromatic N) is 3. The zero-order valence-electron chi connectivity index (χ0n) is 23.5. The first-order valence-electron chi connectivity index (χ1n) is 13.9. The summed E-state index contributed by atoms with van der Waals surface area (Å²) < 4.78 is 10.3. The normalized spacial score (nSPS) is 12.3. The molecule has 2 unspecified atom stereocenters. The SMILES string of the molecule is CCCCC(CC)CN(CC(CC)CCCC)SOOC(C#N)C#N.c1ccc([I+]c2ccccc2)cc1. The summed E-state index contributed by atoms with van der Waals surface area (Å²) >= 11 is 1.17. The number of hydrogen-bond donors (Lipinski definition) is 0. The third-order valence-electron chi connectivity index (χ3n) is 6.20. The molecule has 7 heteroatoms. The number of halogens is 1. The first-order chi connectivity index (χ1) is 18.6. The van der Waals surface area contributed by atoms with Crippen LogP contribution in [0.15, 0.2) is 60.7 Å². The fourth-order valence-electron chi connectivity index (χ4n) is 3.80. The lowest BCUT2D eigenvalue weighted by molar-refractivity contribution is -0.597. The van der Waals surface area contributed by atoms with E-state index in [0.717, 1.165) is 38.2 Å². The summed E-state index contributed by atoms with van der Waals surface area (Å²) in [4.78, 5) is 4.86. The second-order valence-corrected chi connectivity index (χ2v) is 13.1. The highest BCUT2D eigenvalue weighted by Crippen LogP contribution is 2.24. The number of benzene rings is 2. The molecule has 0 spiro atoms. The highest BCUT2D eigenvalue weighted by molar-refractivity contribution is 7.92. The number of rotatable bonds is 18. The smallest absolute Gasteiger partial charge is 0.224 e. The molecule has 0 aliphatic rings. The lowest BCUT2D eigenvalue weighted by atomic mass is 9.97. The average molecular weight is 651 g/mol. The minimum Gasteiger partial charge on any atom is -0.224 e. The van der Waals surface area contributed by atoms with Crippen molar-refractivity contribution in [2.75, 3.05) is 13.1 Å². The van der Waals surface area contributed by atoms with E-state index in [-0.39, 0.29) is 21.2 Å². The second kappa shape index (κ2) is 23.3. The molecule has 2 atom stereocenters. The van der Waals surface area contributed by atoms with Gasteiger partial charge < -0.3 is 0 Å². The van der Waals surface area contributed by atoms with Gasteiger partial charge in [-0.25, -0.2) is 4.31 Å². The molecule has 0 saturated heterocycles. The molecular weight excluding hydrogens is 605 g/mol. The van der Waals surface area contributed by atoms with Gasteiger partial charge in [-0.2, -0.15) is 15.4 Å². The van der Waals surface area contributed by atoms with Crippen molar-refractivity contribution in [2.45, 2.75) is 85.2 Å². The van der Waals surface area contributed by atoms with Gasteiger partial charge in [0.05, 0.1) is 0 Å². The predicted molar refractivity (Wildman–Crippen MR) is 153 cm³/mol. The van der Waals surface area contributed by atoms with Crippen LogP contribution in [0.1, 0.15) is 79.1 Å². The molecule has 208 valence electrons. The van der Waals surface area contributed by atoms with Gasteiger partial charge in [-0.05, 0) is 48.9 Å². The van der Waals surface area contributed by atoms with E-state index in [2.05, 4.69) is 92.7 Å². The quantitative estimate of drug-likeness (QED) is 0.0702. The van der Waals surface area contributed by atoms with Crippen molar-refractivity contribution < 1.29 is 30.4 Å². The Labute approximate surface area is 246 Å². The molecule has 38 heavy (non-hydrogen) atoms. The molecule has 0 N–H and O–H groups in total. The molecule has 0 aliphatic heterocycles. The van der Waals surface area contributed by atoms with E-state index in [1.807, 2.05) is 0 Å². The van der Waals surface area contributed by atoms with Gasteiger partial charge in [0.1, 0.15) is 24.4 Å². The molecule has 0 radical (unpaired) electrons. The number of unbranched alkanes of at least 4 members (excludes halogenated alkanes) is 2. The van der Waals surface area contributed by atoms with Crippen molar-refractivity contribution in [3.05, 3.63) is 67.8 Å². The van der Waals surface area contributed by atoms with Crippen molar-refractivity contribution in [1.29, 1.82) is 10.5 Å². The van der Waals surface area contributed by atoms with Crippen LogP contribution in [0.3, 0.4) is 0 Å². The van der Waals surface area contributed by atoms with Gasteiger partial charge in [-0.3, -0.25) is 0 Å².